The Morgan fingerprint density at radius 3 is 2.62 bits per heavy atom. The van der Waals surface area contributed by atoms with E-state index in [0.29, 0.717) is 0 Å². The fraction of sp³-hybridized carbons (Fsp3) is 0.556. The summed E-state index contributed by atoms with van der Waals surface area (Å²) in [5.74, 6) is 0.898. The molecule has 1 aromatic heterocycles. The summed E-state index contributed by atoms with van der Waals surface area (Å²) in [6.07, 6.45) is 3.38. The van der Waals surface area contributed by atoms with Gasteiger partial charge in [0.25, 0.3) is 0 Å². The molecule has 1 aromatic rings. The highest BCUT2D eigenvalue weighted by Crippen LogP contribution is 2.12. The summed E-state index contributed by atoms with van der Waals surface area (Å²) in [5, 5.41) is 0.117. The van der Waals surface area contributed by atoms with Crippen LogP contribution in [0.15, 0.2) is 12.4 Å². The van der Waals surface area contributed by atoms with Gasteiger partial charge in [0.2, 0.25) is 0 Å². The van der Waals surface area contributed by atoms with Crippen LogP contribution in [0.4, 0.5) is 5.82 Å². The van der Waals surface area contributed by atoms with Crippen molar-refractivity contribution in [3.8, 4) is 0 Å². The third-order valence-corrected chi connectivity index (χ3v) is 1.88. The number of nitrogens with zero attached hydrogens (tertiary/aromatic N) is 3. The Hall–Kier alpha value is -0.830. The SMILES string of the molecule is Cc1nccnc1N(C)CC(C)Cl. The van der Waals surface area contributed by atoms with Gasteiger partial charge in [-0.25, -0.2) is 4.98 Å². The van der Waals surface area contributed by atoms with Gasteiger partial charge in [-0.2, -0.15) is 0 Å². The molecule has 0 bridgehead atoms. The van der Waals surface area contributed by atoms with Crippen LogP contribution in [0.2, 0.25) is 0 Å². The van der Waals surface area contributed by atoms with Gasteiger partial charge in [0.05, 0.1) is 5.69 Å². The molecule has 3 nitrogen and oxygen atoms in total. The second kappa shape index (κ2) is 4.42. The minimum atomic E-state index is 0.117. The number of hydrogen-bond donors (Lipinski definition) is 0. The fourth-order valence-electron chi connectivity index (χ4n) is 1.24. The summed E-state index contributed by atoms with van der Waals surface area (Å²) in [6, 6.07) is 0. The number of anilines is 1. The largest absolute Gasteiger partial charge is 0.357 e. The van der Waals surface area contributed by atoms with E-state index >= 15 is 0 Å². The van der Waals surface area contributed by atoms with Gasteiger partial charge in [-0.3, -0.25) is 4.98 Å². The lowest BCUT2D eigenvalue weighted by Gasteiger charge is -2.20. The van der Waals surface area contributed by atoms with E-state index in [-0.39, 0.29) is 5.38 Å². The summed E-state index contributed by atoms with van der Waals surface area (Å²) < 4.78 is 0. The molecule has 1 heterocycles. The van der Waals surface area contributed by atoms with Crippen molar-refractivity contribution in [1.29, 1.82) is 0 Å². The monoisotopic (exact) mass is 199 g/mol. The first-order chi connectivity index (χ1) is 6.11. The quantitative estimate of drug-likeness (QED) is 0.696. The first-order valence-electron chi connectivity index (χ1n) is 4.24. The van der Waals surface area contributed by atoms with Crippen molar-refractivity contribution < 1.29 is 0 Å². The number of hydrogen-bond acceptors (Lipinski definition) is 3. The molecule has 13 heavy (non-hydrogen) atoms. The van der Waals surface area contributed by atoms with Crippen LogP contribution >= 0.6 is 11.6 Å². The Morgan fingerprint density at radius 2 is 2.08 bits per heavy atom. The molecule has 0 aliphatic rings. The van der Waals surface area contributed by atoms with Crippen molar-refractivity contribution in [2.45, 2.75) is 19.2 Å². The molecule has 0 radical (unpaired) electrons. The zero-order valence-electron chi connectivity index (χ0n) is 8.16. The number of aromatic nitrogens is 2. The molecule has 0 spiro atoms. The minimum Gasteiger partial charge on any atom is -0.357 e. The standard InChI is InChI=1S/C9H14ClN3/c1-7(10)6-13(3)9-8(2)11-4-5-12-9/h4-5,7H,6H2,1-3H3. The van der Waals surface area contributed by atoms with Gasteiger partial charge < -0.3 is 4.90 Å². The molecule has 0 saturated carbocycles. The predicted molar refractivity (Wildman–Crippen MR) is 55.4 cm³/mol. The van der Waals surface area contributed by atoms with E-state index in [9.17, 15) is 0 Å². The summed E-state index contributed by atoms with van der Waals surface area (Å²) >= 11 is 5.89. The summed E-state index contributed by atoms with van der Waals surface area (Å²) in [4.78, 5) is 10.4. The van der Waals surface area contributed by atoms with Crippen molar-refractivity contribution in [1.82, 2.24) is 9.97 Å². The lowest BCUT2D eigenvalue weighted by molar-refractivity contribution is 0.833. The molecule has 0 aliphatic heterocycles. The Balaban J connectivity index is 2.76. The van der Waals surface area contributed by atoms with Crippen LogP contribution in [-0.2, 0) is 0 Å². The molecular weight excluding hydrogens is 186 g/mol. The molecule has 1 atom stereocenters. The lowest BCUT2D eigenvalue weighted by Crippen LogP contribution is -2.25. The zero-order chi connectivity index (χ0) is 9.84. The maximum absolute atomic E-state index is 5.89. The Morgan fingerprint density at radius 1 is 1.46 bits per heavy atom. The molecule has 0 aromatic carbocycles. The minimum absolute atomic E-state index is 0.117. The third-order valence-electron chi connectivity index (χ3n) is 1.74. The molecule has 0 aliphatic carbocycles. The van der Waals surface area contributed by atoms with Crippen LogP contribution in [0.1, 0.15) is 12.6 Å². The van der Waals surface area contributed by atoms with Crippen LogP contribution in [0.25, 0.3) is 0 Å². The fourth-order valence-corrected chi connectivity index (χ4v) is 1.45. The second-order valence-corrected chi connectivity index (χ2v) is 3.87. The van der Waals surface area contributed by atoms with Crippen LogP contribution in [0.5, 0.6) is 0 Å². The molecule has 4 heteroatoms. The van der Waals surface area contributed by atoms with Crippen molar-refractivity contribution in [3.63, 3.8) is 0 Å². The third kappa shape index (κ3) is 2.84. The molecular formula is C9H14ClN3. The van der Waals surface area contributed by atoms with Gasteiger partial charge in [0.1, 0.15) is 5.82 Å². The second-order valence-electron chi connectivity index (χ2n) is 3.13. The van der Waals surface area contributed by atoms with E-state index in [1.807, 2.05) is 25.8 Å². The van der Waals surface area contributed by atoms with Crippen molar-refractivity contribution >= 4 is 17.4 Å². The Bertz CT molecular complexity index is 275. The maximum atomic E-state index is 5.89. The first-order valence-corrected chi connectivity index (χ1v) is 4.67. The average Bonchev–Trinajstić information content (AvgIpc) is 2.03. The Labute approximate surface area is 83.8 Å². The average molecular weight is 200 g/mol. The van der Waals surface area contributed by atoms with Gasteiger partial charge in [-0.1, -0.05) is 0 Å². The molecule has 72 valence electrons. The van der Waals surface area contributed by atoms with Gasteiger partial charge in [0.15, 0.2) is 0 Å². The number of aryl methyl sites for hydroxylation is 1. The predicted octanol–water partition coefficient (Wildman–Crippen LogP) is 1.85. The topological polar surface area (TPSA) is 29.0 Å². The number of alkyl halides is 1. The van der Waals surface area contributed by atoms with E-state index in [1.165, 1.54) is 0 Å². The summed E-state index contributed by atoms with van der Waals surface area (Å²) in [5.41, 5.74) is 0.933. The highest BCUT2D eigenvalue weighted by atomic mass is 35.5. The van der Waals surface area contributed by atoms with E-state index < -0.39 is 0 Å². The van der Waals surface area contributed by atoms with E-state index in [2.05, 4.69) is 9.97 Å². The lowest BCUT2D eigenvalue weighted by atomic mass is 10.3. The first kappa shape index (κ1) is 10.3. The highest BCUT2D eigenvalue weighted by Gasteiger charge is 2.08. The van der Waals surface area contributed by atoms with Gasteiger partial charge >= 0.3 is 0 Å². The maximum Gasteiger partial charge on any atom is 0.149 e. The smallest absolute Gasteiger partial charge is 0.149 e. The molecule has 0 amide bonds. The number of halogens is 1. The normalized spacial score (nSPS) is 12.6. The molecule has 0 fully saturated rings. The van der Waals surface area contributed by atoms with Crippen molar-refractivity contribution in [2.24, 2.45) is 0 Å². The number of rotatable bonds is 3. The summed E-state index contributed by atoms with van der Waals surface area (Å²) in [6.45, 7) is 4.68. The van der Waals surface area contributed by atoms with E-state index in [1.54, 1.807) is 12.4 Å². The van der Waals surface area contributed by atoms with Crippen LogP contribution in [-0.4, -0.2) is 28.9 Å². The van der Waals surface area contributed by atoms with Gasteiger partial charge in [-0.15, -0.1) is 11.6 Å². The zero-order valence-corrected chi connectivity index (χ0v) is 8.91. The van der Waals surface area contributed by atoms with E-state index in [0.717, 1.165) is 18.1 Å². The molecule has 1 unspecified atom stereocenters. The van der Waals surface area contributed by atoms with Crippen molar-refractivity contribution in [3.05, 3.63) is 18.1 Å². The molecule has 0 N–H and O–H groups in total. The van der Waals surface area contributed by atoms with Gasteiger partial charge in [0, 0.05) is 31.4 Å². The molecule has 0 saturated heterocycles. The van der Waals surface area contributed by atoms with Crippen LogP contribution in [0.3, 0.4) is 0 Å². The highest BCUT2D eigenvalue weighted by molar-refractivity contribution is 6.20. The van der Waals surface area contributed by atoms with Gasteiger partial charge in [-0.05, 0) is 13.8 Å². The van der Waals surface area contributed by atoms with Crippen LogP contribution in [0, 0.1) is 6.92 Å². The van der Waals surface area contributed by atoms with Crippen LogP contribution < -0.4 is 4.90 Å². The summed E-state index contributed by atoms with van der Waals surface area (Å²) in [7, 11) is 1.97. The van der Waals surface area contributed by atoms with E-state index in [4.69, 9.17) is 11.6 Å². The van der Waals surface area contributed by atoms with Crippen molar-refractivity contribution in [2.75, 3.05) is 18.5 Å². The Kier molecular flexibility index (Phi) is 3.48. The molecule has 1 rings (SSSR count).